The summed E-state index contributed by atoms with van der Waals surface area (Å²) in [5, 5.41) is 0. The van der Waals surface area contributed by atoms with Gasteiger partial charge in [-0.2, -0.15) is 0 Å². The van der Waals surface area contributed by atoms with E-state index in [2.05, 4.69) is 22.1 Å². The number of piperidine rings is 1. The van der Waals surface area contributed by atoms with Crippen LogP contribution in [0.3, 0.4) is 0 Å². The molecule has 1 saturated heterocycles. The lowest BCUT2D eigenvalue weighted by atomic mass is 9.97. The first-order chi connectivity index (χ1) is 17.2. The Bertz CT molecular complexity index is 1270. The van der Waals surface area contributed by atoms with Gasteiger partial charge in [-0.3, -0.25) is 9.78 Å². The summed E-state index contributed by atoms with van der Waals surface area (Å²) in [6, 6.07) is 22.0. The van der Waals surface area contributed by atoms with Crippen LogP contribution in [0.25, 0.3) is 0 Å². The highest BCUT2D eigenvalue weighted by Gasteiger charge is 2.28. The van der Waals surface area contributed by atoms with Crippen molar-refractivity contribution in [3.8, 4) is 5.75 Å². The molecule has 0 aliphatic carbocycles. The molecule has 0 saturated carbocycles. The molecule has 178 valence electrons. The molecule has 0 spiro atoms. The van der Waals surface area contributed by atoms with Crippen molar-refractivity contribution in [2.45, 2.75) is 31.6 Å². The summed E-state index contributed by atoms with van der Waals surface area (Å²) in [6.07, 6.45) is 6.72. The number of hydrogen-bond acceptors (Lipinski definition) is 5. The maximum atomic E-state index is 13.2. The molecule has 3 heterocycles. The number of aromatic nitrogens is 2. The smallest absolute Gasteiger partial charge is 0.255 e. The van der Waals surface area contributed by atoms with Crippen LogP contribution in [0.5, 0.6) is 5.75 Å². The van der Waals surface area contributed by atoms with Crippen molar-refractivity contribution in [2.75, 3.05) is 20.2 Å². The molecular formula is C29H29N3O3. The van der Waals surface area contributed by atoms with Gasteiger partial charge in [0, 0.05) is 43.4 Å². The van der Waals surface area contributed by atoms with Crippen LogP contribution < -0.4 is 4.74 Å². The third kappa shape index (κ3) is 5.43. The molecule has 1 fully saturated rings. The molecule has 1 aliphatic heterocycles. The Balaban J connectivity index is 1.22. The van der Waals surface area contributed by atoms with Crippen LogP contribution in [0.2, 0.25) is 0 Å². The molecule has 1 amide bonds. The summed E-state index contributed by atoms with van der Waals surface area (Å²) >= 11 is 0. The van der Waals surface area contributed by atoms with Crippen LogP contribution >= 0.6 is 0 Å². The average Bonchev–Trinajstić information content (AvgIpc) is 3.38. The predicted octanol–water partition coefficient (Wildman–Crippen LogP) is 5.28. The number of pyridine rings is 1. The number of nitrogens with zero attached hydrogens (tertiary/aromatic N) is 3. The number of carbonyl (C=O) groups is 1. The molecular weight excluding hydrogens is 438 g/mol. The molecule has 0 bridgehead atoms. The molecule has 2 aromatic heterocycles. The zero-order chi connectivity index (χ0) is 24.0. The number of amides is 1. The third-order valence-corrected chi connectivity index (χ3v) is 6.49. The van der Waals surface area contributed by atoms with Crippen LogP contribution in [0, 0.1) is 0 Å². The molecule has 2 aromatic carbocycles. The van der Waals surface area contributed by atoms with Gasteiger partial charge >= 0.3 is 0 Å². The zero-order valence-electron chi connectivity index (χ0n) is 19.9. The van der Waals surface area contributed by atoms with Gasteiger partial charge in [0.15, 0.2) is 5.89 Å². The Morgan fingerprint density at radius 1 is 1.00 bits per heavy atom. The van der Waals surface area contributed by atoms with Gasteiger partial charge in [-0.05, 0) is 36.6 Å². The topological polar surface area (TPSA) is 68.5 Å². The summed E-state index contributed by atoms with van der Waals surface area (Å²) in [6.45, 7) is 1.33. The number of para-hydroxylation sites is 1. The highest BCUT2D eigenvalue weighted by atomic mass is 16.5. The van der Waals surface area contributed by atoms with Crippen molar-refractivity contribution in [1.82, 2.24) is 14.9 Å². The van der Waals surface area contributed by atoms with E-state index in [-0.39, 0.29) is 11.8 Å². The normalized spacial score (nSPS) is 15.7. The minimum atomic E-state index is 0.00858. The van der Waals surface area contributed by atoms with E-state index in [0.29, 0.717) is 24.4 Å². The molecule has 35 heavy (non-hydrogen) atoms. The summed E-state index contributed by atoms with van der Waals surface area (Å²) in [5.41, 5.74) is 3.83. The zero-order valence-corrected chi connectivity index (χ0v) is 19.9. The van der Waals surface area contributed by atoms with E-state index in [0.717, 1.165) is 48.6 Å². The van der Waals surface area contributed by atoms with Crippen LogP contribution in [-0.2, 0) is 12.8 Å². The average molecular weight is 468 g/mol. The predicted molar refractivity (Wildman–Crippen MR) is 134 cm³/mol. The first-order valence-corrected chi connectivity index (χ1v) is 12.0. The minimum absolute atomic E-state index is 0.00858. The first kappa shape index (κ1) is 22.8. The lowest BCUT2D eigenvalue weighted by molar-refractivity contribution is 0.0697. The number of oxazole rings is 1. The van der Waals surface area contributed by atoms with Crippen molar-refractivity contribution in [3.05, 3.63) is 113 Å². The second kappa shape index (κ2) is 10.6. The van der Waals surface area contributed by atoms with Crippen LogP contribution in [0.1, 0.15) is 57.6 Å². The number of carbonyl (C=O) groups excluding carboxylic acids is 1. The largest absolute Gasteiger partial charge is 0.496 e. The molecule has 5 rings (SSSR count). The Labute approximate surface area is 205 Å². The van der Waals surface area contributed by atoms with Crippen molar-refractivity contribution in [3.63, 3.8) is 0 Å². The fourth-order valence-corrected chi connectivity index (χ4v) is 4.64. The lowest BCUT2D eigenvalue weighted by Crippen LogP contribution is -2.39. The Kier molecular flexibility index (Phi) is 6.89. The SMILES string of the molecule is COc1ccccc1Cc1cnc(C2CCCN(C(=O)c3ccc(Cc4ccccc4)nc3)C2)o1. The molecule has 6 nitrogen and oxygen atoms in total. The third-order valence-electron chi connectivity index (χ3n) is 6.49. The molecule has 1 unspecified atom stereocenters. The van der Waals surface area contributed by atoms with E-state index in [9.17, 15) is 4.79 Å². The molecule has 1 atom stereocenters. The molecule has 4 aromatic rings. The maximum absolute atomic E-state index is 13.2. The number of likely N-dealkylation sites (tertiary alicyclic amines) is 1. The van der Waals surface area contributed by atoms with E-state index >= 15 is 0 Å². The monoisotopic (exact) mass is 467 g/mol. The quantitative estimate of drug-likeness (QED) is 0.370. The van der Waals surface area contributed by atoms with Crippen molar-refractivity contribution in [2.24, 2.45) is 0 Å². The molecule has 6 heteroatoms. The van der Waals surface area contributed by atoms with Crippen molar-refractivity contribution >= 4 is 5.91 Å². The van der Waals surface area contributed by atoms with Gasteiger partial charge in [-0.15, -0.1) is 0 Å². The Morgan fingerprint density at radius 3 is 2.63 bits per heavy atom. The van der Waals surface area contributed by atoms with Gasteiger partial charge in [-0.25, -0.2) is 4.98 Å². The number of ether oxygens (including phenoxy) is 1. The number of rotatable bonds is 7. The second-order valence-electron chi connectivity index (χ2n) is 8.94. The van der Waals surface area contributed by atoms with Crippen LogP contribution in [-0.4, -0.2) is 41.0 Å². The number of hydrogen-bond donors (Lipinski definition) is 0. The molecule has 1 aliphatic rings. The maximum Gasteiger partial charge on any atom is 0.255 e. The van der Waals surface area contributed by atoms with E-state index in [4.69, 9.17) is 9.15 Å². The van der Waals surface area contributed by atoms with Crippen molar-refractivity contribution < 1.29 is 13.9 Å². The summed E-state index contributed by atoms with van der Waals surface area (Å²) in [4.78, 5) is 24.2. The molecule has 0 radical (unpaired) electrons. The van der Waals surface area contributed by atoms with Gasteiger partial charge in [0.2, 0.25) is 0 Å². The second-order valence-corrected chi connectivity index (χ2v) is 8.94. The highest BCUT2D eigenvalue weighted by molar-refractivity contribution is 5.94. The van der Waals surface area contributed by atoms with Crippen molar-refractivity contribution in [1.29, 1.82) is 0 Å². The molecule has 0 N–H and O–H groups in total. The van der Waals surface area contributed by atoms with Gasteiger partial charge in [0.25, 0.3) is 5.91 Å². The van der Waals surface area contributed by atoms with Gasteiger partial charge in [-0.1, -0.05) is 48.5 Å². The van der Waals surface area contributed by atoms with E-state index < -0.39 is 0 Å². The summed E-state index contributed by atoms with van der Waals surface area (Å²) in [5.74, 6) is 2.43. The first-order valence-electron chi connectivity index (χ1n) is 12.0. The van der Waals surface area contributed by atoms with E-state index in [1.165, 1.54) is 5.56 Å². The lowest BCUT2D eigenvalue weighted by Gasteiger charge is -2.31. The Morgan fingerprint density at radius 2 is 1.83 bits per heavy atom. The van der Waals surface area contributed by atoms with Crippen LogP contribution in [0.4, 0.5) is 0 Å². The van der Waals surface area contributed by atoms with Gasteiger partial charge < -0.3 is 14.1 Å². The summed E-state index contributed by atoms with van der Waals surface area (Å²) in [7, 11) is 1.67. The van der Waals surface area contributed by atoms with E-state index in [1.54, 1.807) is 19.5 Å². The van der Waals surface area contributed by atoms with E-state index in [1.807, 2.05) is 59.5 Å². The van der Waals surface area contributed by atoms with Crippen LogP contribution in [0.15, 0.2) is 83.5 Å². The summed E-state index contributed by atoms with van der Waals surface area (Å²) < 4.78 is 11.6. The number of benzene rings is 2. The Hall–Kier alpha value is -3.93. The standard InChI is InChI=1S/C29H29N3O3/c1-34-27-12-6-5-10-22(27)17-26-19-31-28(35-26)24-11-7-15-32(20-24)29(33)23-13-14-25(30-18-23)16-21-8-3-2-4-9-21/h2-6,8-10,12-14,18-19,24H,7,11,15-17,20H2,1H3. The van der Waals surface area contributed by atoms with Gasteiger partial charge in [0.1, 0.15) is 11.5 Å². The fraction of sp³-hybridized carbons (Fsp3) is 0.276. The fourth-order valence-electron chi connectivity index (χ4n) is 4.64. The number of methoxy groups -OCH3 is 1. The highest BCUT2D eigenvalue weighted by Crippen LogP contribution is 2.29. The van der Waals surface area contributed by atoms with Gasteiger partial charge in [0.05, 0.1) is 24.8 Å². The minimum Gasteiger partial charge on any atom is -0.496 e.